The number of nitrogen functional groups attached to an aromatic ring is 1. The Hall–Kier alpha value is -1.48. The molecule has 0 radical (unpaired) electrons. The standard InChI is InChI=1S/C11H17N3O5/c1-10(5-15)7(16)11(2,18)8(19-10)14-4-3-6(12)13-9(14)17/h3-4,7-8,15-16,18H,5H2,1-2H3,(H2,12,13,17)/t7-,8-,10-,11-/m1/s1. The Morgan fingerprint density at radius 2 is 2.21 bits per heavy atom. The molecule has 1 fully saturated rings. The molecule has 8 heteroatoms. The SMILES string of the molecule is C[C@]1(O)[C@H](n2ccc(N)nc2=O)O[C@](C)(CO)[C@H]1O. The summed E-state index contributed by atoms with van der Waals surface area (Å²) in [5, 5.41) is 29.7. The summed E-state index contributed by atoms with van der Waals surface area (Å²) < 4.78 is 6.49. The quantitative estimate of drug-likeness (QED) is 0.500. The van der Waals surface area contributed by atoms with Crippen molar-refractivity contribution < 1.29 is 20.1 Å². The number of hydrogen-bond acceptors (Lipinski definition) is 7. The van der Waals surface area contributed by atoms with Gasteiger partial charge in [-0.05, 0) is 19.9 Å². The predicted octanol–water partition coefficient (Wildman–Crippen LogP) is -1.78. The highest BCUT2D eigenvalue weighted by Crippen LogP contribution is 2.43. The van der Waals surface area contributed by atoms with Gasteiger partial charge in [0.15, 0.2) is 6.23 Å². The van der Waals surface area contributed by atoms with Gasteiger partial charge in [-0.3, -0.25) is 4.57 Å². The minimum atomic E-state index is -1.75. The largest absolute Gasteiger partial charge is 0.393 e. The van der Waals surface area contributed by atoms with E-state index in [1.807, 2.05) is 0 Å². The molecule has 8 nitrogen and oxygen atoms in total. The van der Waals surface area contributed by atoms with Gasteiger partial charge < -0.3 is 25.8 Å². The predicted molar refractivity (Wildman–Crippen MR) is 65.2 cm³/mol. The van der Waals surface area contributed by atoms with Crippen LogP contribution in [0.1, 0.15) is 20.1 Å². The third-order valence-electron chi connectivity index (χ3n) is 3.43. The Kier molecular flexibility index (Phi) is 3.13. The van der Waals surface area contributed by atoms with Crippen LogP contribution in [0, 0.1) is 0 Å². The lowest BCUT2D eigenvalue weighted by atomic mass is 9.89. The van der Waals surface area contributed by atoms with Gasteiger partial charge >= 0.3 is 5.69 Å². The van der Waals surface area contributed by atoms with Crippen molar-refractivity contribution in [1.29, 1.82) is 0 Å². The van der Waals surface area contributed by atoms with Gasteiger partial charge in [0, 0.05) is 6.20 Å². The third kappa shape index (κ3) is 2.02. The van der Waals surface area contributed by atoms with Crippen LogP contribution in [0.3, 0.4) is 0 Å². The van der Waals surface area contributed by atoms with Gasteiger partial charge in [0.1, 0.15) is 23.1 Å². The second kappa shape index (κ2) is 4.27. The monoisotopic (exact) mass is 271 g/mol. The summed E-state index contributed by atoms with van der Waals surface area (Å²) in [5.74, 6) is 0.0457. The smallest absolute Gasteiger partial charge is 0.351 e. The summed E-state index contributed by atoms with van der Waals surface area (Å²) in [6.07, 6.45) is -1.21. The summed E-state index contributed by atoms with van der Waals surface area (Å²) in [6.45, 7) is 2.27. The van der Waals surface area contributed by atoms with E-state index in [4.69, 9.17) is 10.5 Å². The molecular weight excluding hydrogens is 254 g/mol. The van der Waals surface area contributed by atoms with Gasteiger partial charge in [0.05, 0.1) is 6.61 Å². The number of nitrogens with two attached hydrogens (primary N) is 1. The zero-order chi connectivity index (χ0) is 14.4. The van der Waals surface area contributed by atoms with Crippen LogP contribution in [0.5, 0.6) is 0 Å². The van der Waals surface area contributed by atoms with E-state index in [1.165, 1.54) is 26.1 Å². The number of aliphatic hydroxyl groups is 3. The van der Waals surface area contributed by atoms with Gasteiger partial charge in [-0.2, -0.15) is 4.98 Å². The van der Waals surface area contributed by atoms with Crippen molar-refractivity contribution in [2.24, 2.45) is 0 Å². The van der Waals surface area contributed by atoms with E-state index < -0.39 is 35.8 Å². The normalized spacial score (nSPS) is 38.6. The van der Waals surface area contributed by atoms with Crippen LogP contribution in [-0.2, 0) is 4.74 Å². The number of hydrogen-bond donors (Lipinski definition) is 4. The van der Waals surface area contributed by atoms with E-state index in [0.29, 0.717) is 0 Å². The summed E-state index contributed by atoms with van der Waals surface area (Å²) in [5.41, 5.74) is 1.56. The first-order chi connectivity index (χ1) is 8.72. The van der Waals surface area contributed by atoms with Crippen LogP contribution in [0.2, 0.25) is 0 Å². The fourth-order valence-electron chi connectivity index (χ4n) is 2.26. The minimum Gasteiger partial charge on any atom is -0.393 e. The summed E-state index contributed by atoms with van der Waals surface area (Å²) in [4.78, 5) is 15.3. The molecule has 0 aliphatic carbocycles. The first kappa shape index (κ1) is 13.9. The number of aliphatic hydroxyl groups excluding tert-OH is 2. The molecule has 0 spiro atoms. The minimum absolute atomic E-state index is 0.0457. The van der Waals surface area contributed by atoms with Crippen LogP contribution < -0.4 is 11.4 Å². The van der Waals surface area contributed by atoms with Crippen molar-refractivity contribution in [3.05, 3.63) is 22.7 Å². The third-order valence-corrected chi connectivity index (χ3v) is 3.43. The second-order valence-electron chi connectivity index (χ2n) is 5.11. The molecule has 1 saturated heterocycles. The molecule has 0 bridgehead atoms. The molecule has 2 heterocycles. The average molecular weight is 271 g/mol. The Morgan fingerprint density at radius 1 is 1.58 bits per heavy atom. The fourth-order valence-corrected chi connectivity index (χ4v) is 2.26. The lowest BCUT2D eigenvalue weighted by Crippen LogP contribution is -2.50. The first-order valence-corrected chi connectivity index (χ1v) is 5.76. The molecule has 4 atom stereocenters. The Balaban J connectivity index is 2.48. The van der Waals surface area contributed by atoms with Crippen LogP contribution in [0.25, 0.3) is 0 Å². The van der Waals surface area contributed by atoms with Crippen molar-refractivity contribution >= 4 is 5.82 Å². The van der Waals surface area contributed by atoms with Crippen LogP contribution >= 0.6 is 0 Å². The van der Waals surface area contributed by atoms with Gasteiger partial charge in [0.25, 0.3) is 0 Å². The number of aromatic nitrogens is 2. The van der Waals surface area contributed by atoms with Crippen molar-refractivity contribution in [3.8, 4) is 0 Å². The molecule has 5 N–H and O–H groups in total. The first-order valence-electron chi connectivity index (χ1n) is 5.76. The molecule has 19 heavy (non-hydrogen) atoms. The van der Waals surface area contributed by atoms with E-state index in [9.17, 15) is 20.1 Å². The van der Waals surface area contributed by atoms with Crippen LogP contribution in [0.4, 0.5) is 5.82 Å². The van der Waals surface area contributed by atoms with Gasteiger partial charge in [-0.1, -0.05) is 0 Å². The van der Waals surface area contributed by atoms with E-state index in [-0.39, 0.29) is 5.82 Å². The molecule has 0 unspecified atom stereocenters. The highest BCUT2D eigenvalue weighted by molar-refractivity contribution is 5.24. The molecule has 1 aliphatic heterocycles. The van der Waals surface area contributed by atoms with Crippen LogP contribution in [-0.4, -0.2) is 48.8 Å². The van der Waals surface area contributed by atoms with E-state index in [2.05, 4.69) is 4.98 Å². The summed E-state index contributed by atoms with van der Waals surface area (Å²) >= 11 is 0. The Bertz CT molecular complexity index is 543. The highest BCUT2D eigenvalue weighted by Gasteiger charge is 2.59. The number of rotatable bonds is 2. The van der Waals surface area contributed by atoms with Crippen molar-refractivity contribution in [3.63, 3.8) is 0 Å². The van der Waals surface area contributed by atoms with Gasteiger partial charge in [-0.25, -0.2) is 4.79 Å². The average Bonchev–Trinajstić information content (AvgIpc) is 2.51. The number of anilines is 1. The van der Waals surface area contributed by atoms with Crippen LogP contribution in [0.15, 0.2) is 17.1 Å². The van der Waals surface area contributed by atoms with Gasteiger partial charge in [-0.15, -0.1) is 0 Å². The van der Waals surface area contributed by atoms with E-state index in [1.54, 1.807) is 0 Å². The molecule has 0 saturated carbocycles. The highest BCUT2D eigenvalue weighted by atomic mass is 16.6. The maximum absolute atomic E-state index is 11.8. The lowest BCUT2D eigenvalue weighted by Gasteiger charge is -2.28. The molecule has 2 rings (SSSR count). The molecule has 1 aliphatic rings. The Labute approximate surface area is 109 Å². The van der Waals surface area contributed by atoms with Gasteiger partial charge in [0.2, 0.25) is 0 Å². The molecular formula is C11H17N3O5. The number of ether oxygens (including phenoxy) is 1. The fraction of sp³-hybridized carbons (Fsp3) is 0.636. The molecule has 1 aromatic rings. The Morgan fingerprint density at radius 3 is 2.68 bits per heavy atom. The maximum atomic E-state index is 11.8. The van der Waals surface area contributed by atoms with E-state index in [0.717, 1.165) is 4.57 Å². The number of nitrogens with zero attached hydrogens (tertiary/aromatic N) is 2. The molecule has 0 aromatic carbocycles. The maximum Gasteiger partial charge on any atom is 0.351 e. The molecule has 106 valence electrons. The topological polar surface area (TPSA) is 131 Å². The van der Waals surface area contributed by atoms with Crippen molar-refractivity contribution in [2.75, 3.05) is 12.3 Å². The summed E-state index contributed by atoms with van der Waals surface area (Å²) in [7, 11) is 0. The zero-order valence-corrected chi connectivity index (χ0v) is 10.6. The zero-order valence-electron chi connectivity index (χ0n) is 10.6. The summed E-state index contributed by atoms with van der Waals surface area (Å²) in [6, 6.07) is 1.38. The van der Waals surface area contributed by atoms with E-state index >= 15 is 0 Å². The molecule has 1 aromatic heterocycles. The molecule has 0 amide bonds. The second-order valence-corrected chi connectivity index (χ2v) is 5.11. The van der Waals surface area contributed by atoms with Crippen molar-refractivity contribution in [2.45, 2.75) is 37.4 Å². The van der Waals surface area contributed by atoms with Crippen molar-refractivity contribution in [1.82, 2.24) is 9.55 Å². The lowest BCUT2D eigenvalue weighted by molar-refractivity contribution is -0.122.